The minimum absolute atomic E-state index is 0.100. The fourth-order valence-electron chi connectivity index (χ4n) is 4.51. The summed E-state index contributed by atoms with van der Waals surface area (Å²) in [6, 6.07) is 9.90. The first kappa shape index (κ1) is 31.7. The molecule has 0 radical (unpaired) electrons. The molecule has 0 saturated heterocycles. The van der Waals surface area contributed by atoms with E-state index in [1.54, 1.807) is 37.8 Å². The van der Waals surface area contributed by atoms with Crippen LogP contribution in [-0.4, -0.2) is 51.6 Å². The van der Waals surface area contributed by atoms with E-state index in [-0.39, 0.29) is 30.2 Å². The number of hydrogen-bond acceptors (Lipinski definition) is 5. The van der Waals surface area contributed by atoms with Crippen molar-refractivity contribution in [3.63, 3.8) is 0 Å². The van der Waals surface area contributed by atoms with Crippen molar-refractivity contribution in [2.24, 2.45) is 0 Å². The maximum absolute atomic E-state index is 14.5. The van der Waals surface area contributed by atoms with E-state index in [1.165, 1.54) is 12.1 Å². The van der Waals surface area contributed by atoms with E-state index in [0.717, 1.165) is 22.3 Å². The molecule has 0 aliphatic carbocycles. The number of carbonyl (C=O) groups excluding carboxylic acids is 3. The van der Waals surface area contributed by atoms with Gasteiger partial charge in [0.25, 0.3) is 0 Å². The second kappa shape index (κ2) is 13.5. The first-order chi connectivity index (χ1) is 18.1. The Balaban J connectivity index is 2.65. The van der Waals surface area contributed by atoms with E-state index in [2.05, 4.69) is 10.6 Å². The Labute approximate surface area is 233 Å². The van der Waals surface area contributed by atoms with E-state index in [0.29, 0.717) is 6.42 Å². The molecule has 8 heteroatoms. The summed E-state index contributed by atoms with van der Waals surface area (Å²) >= 11 is 0. The number of aryl methyl sites for hydroxylation is 2. The minimum atomic E-state index is -1.02. The summed E-state index contributed by atoms with van der Waals surface area (Å²) < 4.78 is 5.49. The number of ether oxygens (including phenoxy) is 1. The third-order valence-electron chi connectivity index (χ3n) is 6.46. The predicted molar refractivity (Wildman–Crippen MR) is 154 cm³/mol. The molecule has 0 fully saturated rings. The summed E-state index contributed by atoms with van der Waals surface area (Å²) in [5, 5.41) is 15.5. The molecule has 8 nitrogen and oxygen atoms in total. The van der Waals surface area contributed by atoms with Gasteiger partial charge in [0.15, 0.2) is 0 Å². The van der Waals surface area contributed by atoms with E-state index in [1.807, 2.05) is 59.7 Å². The first-order valence-electron chi connectivity index (χ1n) is 13.6. The van der Waals surface area contributed by atoms with Gasteiger partial charge in [0.1, 0.15) is 23.4 Å². The third-order valence-corrected chi connectivity index (χ3v) is 6.46. The minimum Gasteiger partial charge on any atom is -0.508 e. The Morgan fingerprint density at radius 2 is 1.51 bits per heavy atom. The Bertz CT molecular complexity index is 1120. The van der Waals surface area contributed by atoms with E-state index in [4.69, 9.17) is 4.74 Å². The van der Waals surface area contributed by atoms with Crippen LogP contribution in [0.1, 0.15) is 83.2 Å². The van der Waals surface area contributed by atoms with Gasteiger partial charge in [-0.2, -0.15) is 0 Å². The summed E-state index contributed by atoms with van der Waals surface area (Å²) in [5.41, 5.74) is 2.54. The lowest BCUT2D eigenvalue weighted by Gasteiger charge is -2.39. The van der Waals surface area contributed by atoms with E-state index in [9.17, 15) is 19.5 Å². The van der Waals surface area contributed by atoms with Crippen LogP contribution in [0.15, 0.2) is 42.5 Å². The van der Waals surface area contributed by atoms with Crippen LogP contribution in [0.5, 0.6) is 5.75 Å². The van der Waals surface area contributed by atoms with Crippen molar-refractivity contribution in [3.05, 3.63) is 64.7 Å². The predicted octanol–water partition coefficient (Wildman–Crippen LogP) is 5.34. The number of alkyl carbamates (subject to hydrolysis) is 1. The molecule has 3 amide bonds. The Morgan fingerprint density at radius 3 is 2.00 bits per heavy atom. The number of phenolic OH excluding ortho intramolecular Hbond substituents is 1. The number of nitrogens with zero attached hydrogens (tertiary/aromatic N) is 1. The molecule has 2 aromatic carbocycles. The molecule has 3 N–H and O–H groups in total. The summed E-state index contributed by atoms with van der Waals surface area (Å²) in [6.07, 6.45) is 0.0239. The van der Waals surface area contributed by atoms with Crippen LogP contribution >= 0.6 is 0 Å². The van der Waals surface area contributed by atoms with Gasteiger partial charge in [0.05, 0.1) is 0 Å². The summed E-state index contributed by atoms with van der Waals surface area (Å²) in [7, 11) is 0. The summed E-state index contributed by atoms with van der Waals surface area (Å²) in [6.45, 7) is 16.8. The molecule has 39 heavy (non-hydrogen) atoms. The number of amides is 3. The highest BCUT2D eigenvalue weighted by Gasteiger charge is 2.39. The maximum Gasteiger partial charge on any atom is 0.408 e. The highest BCUT2D eigenvalue weighted by molar-refractivity contribution is 5.93. The highest BCUT2D eigenvalue weighted by Crippen LogP contribution is 2.31. The molecule has 0 bridgehead atoms. The maximum atomic E-state index is 14.5. The van der Waals surface area contributed by atoms with Crippen molar-refractivity contribution in [2.75, 3.05) is 0 Å². The van der Waals surface area contributed by atoms with Crippen LogP contribution < -0.4 is 10.6 Å². The smallest absolute Gasteiger partial charge is 0.408 e. The van der Waals surface area contributed by atoms with Gasteiger partial charge in [-0.25, -0.2) is 4.79 Å². The topological polar surface area (TPSA) is 108 Å². The second-order valence-electron chi connectivity index (χ2n) is 11.4. The number of carbonyl (C=O) groups is 3. The van der Waals surface area contributed by atoms with Gasteiger partial charge >= 0.3 is 6.09 Å². The molecule has 0 spiro atoms. The monoisotopic (exact) mass is 539 g/mol. The van der Waals surface area contributed by atoms with Crippen LogP contribution in [0.2, 0.25) is 0 Å². The van der Waals surface area contributed by atoms with E-state index >= 15 is 0 Å². The molecular formula is C31H45N3O5. The number of nitrogens with one attached hydrogen (secondary N) is 2. The molecule has 0 heterocycles. The van der Waals surface area contributed by atoms with Crippen molar-refractivity contribution in [1.29, 1.82) is 0 Å². The lowest BCUT2D eigenvalue weighted by Crippen LogP contribution is -2.56. The molecule has 0 saturated carbocycles. The number of benzene rings is 2. The van der Waals surface area contributed by atoms with Crippen molar-refractivity contribution in [1.82, 2.24) is 15.5 Å². The average molecular weight is 540 g/mol. The molecule has 0 aliphatic rings. The molecular weight excluding hydrogens is 494 g/mol. The number of rotatable bonds is 10. The van der Waals surface area contributed by atoms with Crippen LogP contribution in [0.3, 0.4) is 0 Å². The number of phenols is 1. The lowest BCUT2D eigenvalue weighted by molar-refractivity contribution is -0.145. The van der Waals surface area contributed by atoms with Gasteiger partial charge in [-0.1, -0.05) is 37.3 Å². The normalized spacial score (nSPS) is 13.8. The highest BCUT2D eigenvalue weighted by atomic mass is 16.6. The average Bonchev–Trinajstić information content (AvgIpc) is 2.82. The number of aromatic hydroxyl groups is 1. The van der Waals surface area contributed by atoms with Gasteiger partial charge in [-0.05, 0) is 96.2 Å². The van der Waals surface area contributed by atoms with Gasteiger partial charge in [0.2, 0.25) is 11.8 Å². The van der Waals surface area contributed by atoms with Gasteiger partial charge in [-0.15, -0.1) is 0 Å². The third kappa shape index (κ3) is 9.01. The second-order valence-corrected chi connectivity index (χ2v) is 11.4. The standard InChI is InChI=1S/C31H45N3O5/c1-10-22(6)34(27(28(36)32-19(2)3)26-20(4)12-11-13-21(26)5)29(37)25(33-30(38)39-31(7,8)9)18-23-14-16-24(35)17-15-23/h11-17,19,22,25,27,35H,10,18H2,1-9H3,(H,32,36)(H,33,38). The van der Waals surface area contributed by atoms with E-state index < -0.39 is 29.7 Å². The van der Waals surface area contributed by atoms with Gasteiger partial charge in [0, 0.05) is 18.5 Å². The molecule has 3 atom stereocenters. The number of hydrogen-bond donors (Lipinski definition) is 3. The summed E-state index contributed by atoms with van der Waals surface area (Å²) in [4.78, 5) is 42.8. The Morgan fingerprint density at radius 1 is 0.949 bits per heavy atom. The SMILES string of the molecule is CCC(C)N(C(=O)C(Cc1ccc(O)cc1)NC(=O)OC(C)(C)C)C(C(=O)NC(C)C)c1c(C)cccc1C. The van der Waals surface area contributed by atoms with Crippen LogP contribution in [0.25, 0.3) is 0 Å². The molecule has 2 aromatic rings. The quantitative estimate of drug-likeness (QED) is 0.378. The van der Waals surface area contributed by atoms with Crippen LogP contribution in [-0.2, 0) is 20.7 Å². The van der Waals surface area contributed by atoms with Crippen molar-refractivity contribution in [3.8, 4) is 5.75 Å². The van der Waals surface area contributed by atoms with Gasteiger partial charge < -0.3 is 25.4 Å². The molecule has 214 valence electrons. The first-order valence-corrected chi connectivity index (χ1v) is 13.6. The Hall–Kier alpha value is -3.55. The molecule has 2 rings (SSSR count). The zero-order chi connectivity index (χ0) is 29.5. The summed E-state index contributed by atoms with van der Waals surface area (Å²) in [5.74, 6) is -0.574. The lowest BCUT2D eigenvalue weighted by atomic mass is 9.91. The fourth-order valence-corrected chi connectivity index (χ4v) is 4.51. The Kier molecular flexibility index (Phi) is 11.0. The van der Waals surface area contributed by atoms with Crippen molar-refractivity contribution in [2.45, 2.75) is 105 Å². The van der Waals surface area contributed by atoms with Crippen molar-refractivity contribution < 1.29 is 24.2 Å². The largest absolute Gasteiger partial charge is 0.508 e. The van der Waals surface area contributed by atoms with Crippen molar-refractivity contribution >= 4 is 17.9 Å². The molecule has 3 unspecified atom stereocenters. The van der Waals surface area contributed by atoms with Gasteiger partial charge in [-0.3, -0.25) is 9.59 Å². The fraction of sp³-hybridized carbons (Fsp3) is 0.516. The molecule has 0 aliphatic heterocycles. The molecule has 0 aromatic heterocycles. The zero-order valence-electron chi connectivity index (χ0n) is 24.8. The van der Waals surface area contributed by atoms with Crippen LogP contribution in [0, 0.1) is 13.8 Å². The zero-order valence-corrected chi connectivity index (χ0v) is 24.8. The van der Waals surface area contributed by atoms with Crippen LogP contribution in [0.4, 0.5) is 4.79 Å².